The molecule has 20 heavy (non-hydrogen) atoms. The predicted octanol–water partition coefficient (Wildman–Crippen LogP) is 0.403. The molecule has 112 valence electrons. The molecule has 0 unspecified atom stereocenters. The smallest absolute Gasteiger partial charge is 0.373 e. The number of carbonyl (C=O) groups is 1. The number of furan rings is 1. The van der Waals surface area contributed by atoms with Crippen LogP contribution in [0.4, 0.5) is 0 Å². The number of carbonyl (C=O) groups excluding carboxylic acids is 1. The summed E-state index contributed by atoms with van der Waals surface area (Å²) >= 11 is 0. The Kier molecular flexibility index (Phi) is 5.58. The molecule has 0 aromatic carbocycles. The average molecular weight is 281 g/mol. The number of rotatable bonds is 6. The molecule has 1 aromatic rings. The molecule has 0 amide bonds. The number of hydrogen-bond donors (Lipinski definition) is 1. The van der Waals surface area contributed by atoms with Crippen LogP contribution < -0.4 is 5.32 Å². The molecule has 1 aliphatic heterocycles. The van der Waals surface area contributed by atoms with Crippen LogP contribution in [0.1, 0.15) is 16.3 Å². The molecule has 6 nitrogen and oxygen atoms in total. The van der Waals surface area contributed by atoms with Crippen molar-refractivity contribution < 1.29 is 13.9 Å². The molecular formula is C14H23N3O3. The van der Waals surface area contributed by atoms with E-state index in [1.165, 1.54) is 7.11 Å². The molecule has 2 rings (SSSR count). The average Bonchev–Trinajstić information content (AvgIpc) is 2.94. The lowest BCUT2D eigenvalue weighted by Crippen LogP contribution is -2.45. The second-order valence-corrected chi connectivity index (χ2v) is 5.09. The number of ether oxygens (including phenoxy) is 1. The summed E-state index contributed by atoms with van der Waals surface area (Å²) < 4.78 is 10.1. The van der Waals surface area contributed by atoms with Gasteiger partial charge in [-0.25, -0.2) is 4.79 Å². The highest BCUT2D eigenvalue weighted by atomic mass is 16.5. The van der Waals surface area contributed by atoms with Gasteiger partial charge in [-0.05, 0) is 19.2 Å². The number of hydrogen-bond acceptors (Lipinski definition) is 6. The summed E-state index contributed by atoms with van der Waals surface area (Å²) in [6, 6.07) is 3.48. The van der Waals surface area contributed by atoms with E-state index in [0.29, 0.717) is 6.54 Å². The van der Waals surface area contributed by atoms with Crippen LogP contribution in [0.5, 0.6) is 0 Å². The van der Waals surface area contributed by atoms with Gasteiger partial charge in [-0.15, -0.1) is 0 Å². The first-order chi connectivity index (χ1) is 9.69. The fourth-order valence-electron chi connectivity index (χ4n) is 2.27. The van der Waals surface area contributed by atoms with Crippen LogP contribution >= 0.6 is 0 Å². The van der Waals surface area contributed by atoms with Crippen LogP contribution in [0.2, 0.25) is 0 Å². The topological polar surface area (TPSA) is 58.0 Å². The molecule has 0 atom stereocenters. The fourth-order valence-corrected chi connectivity index (χ4v) is 2.27. The Morgan fingerprint density at radius 3 is 2.90 bits per heavy atom. The Labute approximate surface area is 119 Å². The van der Waals surface area contributed by atoms with Crippen molar-refractivity contribution in [3.05, 3.63) is 23.7 Å². The van der Waals surface area contributed by atoms with E-state index >= 15 is 0 Å². The number of nitrogens with one attached hydrogen (secondary N) is 1. The van der Waals surface area contributed by atoms with E-state index in [1.807, 2.05) is 6.07 Å². The van der Waals surface area contributed by atoms with Crippen molar-refractivity contribution in [2.45, 2.75) is 6.54 Å². The highest BCUT2D eigenvalue weighted by molar-refractivity contribution is 5.86. The third-order valence-electron chi connectivity index (χ3n) is 3.48. The first-order valence-corrected chi connectivity index (χ1v) is 6.97. The molecule has 1 aliphatic rings. The quantitative estimate of drug-likeness (QED) is 0.762. The van der Waals surface area contributed by atoms with E-state index in [0.717, 1.165) is 45.0 Å². The summed E-state index contributed by atoms with van der Waals surface area (Å²) in [5.74, 6) is 0.617. The van der Waals surface area contributed by atoms with Crippen LogP contribution in [-0.4, -0.2) is 69.2 Å². The molecule has 1 saturated heterocycles. The Balaban J connectivity index is 1.74. The van der Waals surface area contributed by atoms with E-state index in [2.05, 4.69) is 26.9 Å². The number of likely N-dealkylation sites (N-methyl/N-ethyl adjacent to an activating group) is 1. The lowest BCUT2D eigenvalue weighted by Gasteiger charge is -2.28. The summed E-state index contributed by atoms with van der Waals surface area (Å²) in [4.78, 5) is 16.0. The van der Waals surface area contributed by atoms with Crippen molar-refractivity contribution in [2.24, 2.45) is 0 Å². The molecule has 6 heteroatoms. The lowest BCUT2D eigenvalue weighted by molar-refractivity contribution is 0.0561. The van der Waals surface area contributed by atoms with Crippen LogP contribution in [0.25, 0.3) is 0 Å². The number of nitrogens with zero attached hydrogens (tertiary/aromatic N) is 2. The molecule has 0 spiro atoms. The molecule has 0 aliphatic carbocycles. The minimum atomic E-state index is -0.431. The van der Waals surface area contributed by atoms with Crippen LogP contribution in [0.3, 0.4) is 0 Å². The Morgan fingerprint density at radius 2 is 2.20 bits per heavy atom. The standard InChI is InChI=1S/C14H23N3O3/c1-16(9-10-17-7-5-15-6-8-17)11-12-3-4-13(20-12)14(18)19-2/h3-4,15H,5-11H2,1-2H3. The molecule has 0 saturated carbocycles. The van der Waals surface area contributed by atoms with Gasteiger partial charge >= 0.3 is 5.97 Å². The van der Waals surface area contributed by atoms with E-state index in [-0.39, 0.29) is 5.76 Å². The zero-order valence-electron chi connectivity index (χ0n) is 12.2. The van der Waals surface area contributed by atoms with E-state index < -0.39 is 5.97 Å². The zero-order chi connectivity index (χ0) is 14.4. The molecule has 2 heterocycles. The van der Waals surface area contributed by atoms with Crippen LogP contribution in [0.15, 0.2) is 16.5 Å². The summed E-state index contributed by atoms with van der Waals surface area (Å²) in [7, 11) is 3.41. The van der Waals surface area contributed by atoms with Gasteiger partial charge in [-0.2, -0.15) is 0 Å². The third kappa shape index (κ3) is 4.33. The molecule has 1 N–H and O–H groups in total. The molecule has 1 aromatic heterocycles. The van der Waals surface area contributed by atoms with Gasteiger partial charge in [0, 0.05) is 39.3 Å². The van der Waals surface area contributed by atoms with Gasteiger partial charge in [0.25, 0.3) is 0 Å². The highest BCUT2D eigenvalue weighted by Gasteiger charge is 2.13. The maximum absolute atomic E-state index is 11.3. The first-order valence-electron chi connectivity index (χ1n) is 6.97. The maximum Gasteiger partial charge on any atom is 0.373 e. The van der Waals surface area contributed by atoms with Gasteiger partial charge in [0.2, 0.25) is 5.76 Å². The molecule has 0 radical (unpaired) electrons. The van der Waals surface area contributed by atoms with Gasteiger partial charge in [-0.3, -0.25) is 9.80 Å². The van der Waals surface area contributed by atoms with Crippen molar-refractivity contribution >= 4 is 5.97 Å². The minimum absolute atomic E-state index is 0.262. The largest absolute Gasteiger partial charge is 0.463 e. The minimum Gasteiger partial charge on any atom is -0.463 e. The maximum atomic E-state index is 11.3. The molecule has 0 bridgehead atoms. The van der Waals surface area contributed by atoms with Crippen LogP contribution in [-0.2, 0) is 11.3 Å². The number of methoxy groups -OCH3 is 1. The SMILES string of the molecule is COC(=O)c1ccc(CN(C)CCN2CCNCC2)o1. The van der Waals surface area contributed by atoms with E-state index in [9.17, 15) is 4.79 Å². The summed E-state index contributed by atoms with van der Waals surface area (Å²) in [6.07, 6.45) is 0. The van der Waals surface area contributed by atoms with Gasteiger partial charge < -0.3 is 14.5 Å². The Morgan fingerprint density at radius 1 is 1.45 bits per heavy atom. The van der Waals surface area contributed by atoms with E-state index in [4.69, 9.17) is 4.42 Å². The fraction of sp³-hybridized carbons (Fsp3) is 0.643. The monoisotopic (exact) mass is 281 g/mol. The summed E-state index contributed by atoms with van der Waals surface area (Å²) in [5, 5.41) is 3.35. The Bertz CT molecular complexity index is 427. The van der Waals surface area contributed by atoms with Crippen molar-refractivity contribution in [1.29, 1.82) is 0 Å². The molecule has 1 fully saturated rings. The van der Waals surface area contributed by atoms with Gasteiger partial charge in [0.15, 0.2) is 0 Å². The van der Waals surface area contributed by atoms with Crippen LogP contribution in [0, 0.1) is 0 Å². The second-order valence-electron chi connectivity index (χ2n) is 5.09. The predicted molar refractivity (Wildman–Crippen MR) is 75.7 cm³/mol. The summed E-state index contributed by atoms with van der Waals surface area (Å²) in [5.41, 5.74) is 0. The summed E-state index contributed by atoms with van der Waals surface area (Å²) in [6.45, 7) is 7.11. The number of piperazine rings is 1. The van der Waals surface area contributed by atoms with Crippen molar-refractivity contribution in [3.63, 3.8) is 0 Å². The van der Waals surface area contributed by atoms with Crippen molar-refractivity contribution in [3.8, 4) is 0 Å². The zero-order valence-corrected chi connectivity index (χ0v) is 12.2. The second kappa shape index (κ2) is 7.42. The molecular weight excluding hydrogens is 258 g/mol. The van der Waals surface area contributed by atoms with Gasteiger partial charge in [-0.1, -0.05) is 0 Å². The highest BCUT2D eigenvalue weighted by Crippen LogP contribution is 2.11. The van der Waals surface area contributed by atoms with Gasteiger partial charge in [0.05, 0.1) is 13.7 Å². The van der Waals surface area contributed by atoms with Crippen molar-refractivity contribution in [2.75, 3.05) is 53.4 Å². The van der Waals surface area contributed by atoms with Crippen molar-refractivity contribution in [1.82, 2.24) is 15.1 Å². The third-order valence-corrected chi connectivity index (χ3v) is 3.48. The first kappa shape index (κ1) is 15.0. The normalized spacial score (nSPS) is 16.6. The Hall–Kier alpha value is -1.37. The van der Waals surface area contributed by atoms with Gasteiger partial charge in [0.1, 0.15) is 5.76 Å². The van der Waals surface area contributed by atoms with E-state index in [1.54, 1.807) is 6.07 Å². The number of esters is 1. The lowest BCUT2D eigenvalue weighted by atomic mass is 10.3.